The van der Waals surface area contributed by atoms with E-state index < -0.39 is 16.0 Å². The van der Waals surface area contributed by atoms with Gasteiger partial charge in [-0.1, -0.05) is 11.2 Å². The molecule has 3 aromatic rings. The summed E-state index contributed by atoms with van der Waals surface area (Å²) in [6.45, 7) is 4.98. The Balaban J connectivity index is 1.42. The summed E-state index contributed by atoms with van der Waals surface area (Å²) in [4.78, 5) is 14.6. The van der Waals surface area contributed by atoms with E-state index in [0.29, 0.717) is 30.1 Å². The minimum Gasteiger partial charge on any atom is -0.457 e. The van der Waals surface area contributed by atoms with Gasteiger partial charge in [-0.25, -0.2) is 17.6 Å². The van der Waals surface area contributed by atoms with Gasteiger partial charge in [-0.15, -0.1) is 0 Å². The van der Waals surface area contributed by atoms with Crippen LogP contribution in [-0.4, -0.2) is 50.0 Å². The van der Waals surface area contributed by atoms with Crippen molar-refractivity contribution in [3.05, 3.63) is 76.9 Å². The van der Waals surface area contributed by atoms with Crippen molar-refractivity contribution < 1.29 is 26.9 Å². The number of halogens is 1. The fourth-order valence-electron chi connectivity index (χ4n) is 3.70. The van der Waals surface area contributed by atoms with Gasteiger partial charge in [0.2, 0.25) is 10.0 Å². The number of hydrogen-bond donors (Lipinski definition) is 0. The molecule has 0 spiro atoms. The van der Waals surface area contributed by atoms with Gasteiger partial charge in [-0.05, 0) is 56.3 Å². The van der Waals surface area contributed by atoms with Crippen LogP contribution in [0.3, 0.4) is 0 Å². The fraction of sp³-hybridized carbons (Fsp3) is 0.304. The summed E-state index contributed by atoms with van der Waals surface area (Å²) in [6, 6.07) is 12.0. The van der Waals surface area contributed by atoms with Crippen molar-refractivity contribution in [3.8, 4) is 0 Å². The van der Waals surface area contributed by atoms with Gasteiger partial charge in [0.25, 0.3) is 0 Å². The van der Waals surface area contributed by atoms with Crippen LogP contribution in [0.1, 0.15) is 27.4 Å². The molecule has 10 heteroatoms. The van der Waals surface area contributed by atoms with Gasteiger partial charge in [0.15, 0.2) is 0 Å². The van der Waals surface area contributed by atoms with Crippen molar-refractivity contribution in [1.29, 1.82) is 0 Å². The van der Waals surface area contributed by atoms with Gasteiger partial charge >= 0.3 is 5.97 Å². The molecule has 1 fully saturated rings. The Morgan fingerprint density at radius 2 is 1.79 bits per heavy atom. The fourth-order valence-corrected chi connectivity index (χ4v) is 5.17. The summed E-state index contributed by atoms with van der Waals surface area (Å²) in [5.74, 6) is -0.380. The van der Waals surface area contributed by atoms with E-state index in [0.717, 1.165) is 5.69 Å². The van der Waals surface area contributed by atoms with Crippen molar-refractivity contribution in [2.75, 3.05) is 31.1 Å². The monoisotopic (exact) mass is 473 g/mol. The number of ether oxygens (including phenoxy) is 1. The zero-order chi connectivity index (χ0) is 23.6. The van der Waals surface area contributed by atoms with E-state index in [2.05, 4.69) is 5.16 Å². The van der Waals surface area contributed by atoms with Crippen LogP contribution in [-0.2, 0) is 21.4 Å². The Labute approximate surface area is 191 Å². The van der Waals surface area contributed by atoms with Gasteiger partial charge in [-0.2, -0.15) is 4.31 Å². The van der Waals surface area contributed by atoms with Crippen LogP contribution in [0.5, 0.6) is 0 Å². The molecule has 0 aliphatic carbocycles. The second kappa shape index (κ2) is 9.32. The number of aromatic nitrogens is 1. The number of carbonyl (C=O) groups excluding carboxylic acids is 1. The van der Waals surface area contributed by atoms with Gasteiger partial charge in [0, 0.05) is 31.9 Å². The third-order valence-corrected chi connectivity index (χ3v) is 7.56. The number of piperazine rings is 1. The molecule has 1 saturated heterocycles. The molecule has 0 unspecified atom stereocenters. The summed E-state index contributed by atoms with van der Waals surface area (Å²) in [7, 11) is -3.79. The van der Waals surface area contributed by atoms with Crippen molar-refractivity contribution in [3.63, 3.8) is 0 Å². The maximum absolute atomic E-state index is 13.2. The van der Waals surface area contributed by atoms with E-state index in [-0.39, 0.29) is 36.0 Å². The largest absolute Gasteiger partial charge is 0.457 e. The highest BCUT2D eigenvalue weighted by atomic mass is 32.2. The topological polar surface area (TPSA) is 92.9 Å². The third kappa shape index (κ3) is 4.91. The van der Waals surface area contributed by atoms with E-state index in [4.69, 9.17) is 9.26 Å². The van der Waals surface area contributed by atoms with E-state index in [1.807, 2.05) is 4.90 Å². The SMILES string of the molecule is Cc1noc(C)c1COC(=O)c1cccc(S(=O)(=O)N2CCN(c3ccc(F)cc3)CC2)c1. The van der Waals surface area contributed by atoms with Crippen molar-refractivity contribution >= 4 is 21.7 Å². The molecule has 2 aromatic carbocycles. The molecule has 2 heterocycles. The standard InChI is InChI=1S/C23H24FN3O5S/c1-16-22(17(2)32-25-16)15-31-23(28)18-4-3-5-21(14-18)33(29,30)27-12-10-26(11-13-27)20-8-6-19(24)7-9-20/h3-9,14H,10-13,15H2,1-2H3. The van der Waals surface area contributed by atoms with Crippen LogP contribution in [0, 0.1) is 19.7 Å². The maximum Gasteiger partial charge on any atom is 0.338 e. The normalized spacial score (nSPS) is 14.9. The second-order valence-corrected chi connectivity index (χ2v) is 9.71. The van der Waals surface area contributed by atoms with E-state index in [9.17, 15) is 17.6 Å². The highest BCUT2D eigenvalue weighted by Crippen LogP contribution is 2.23. The van der Waals surface area contributed by atoms with Crippen LogP contribution in [0.2, 0.25) is 0 Å². The van der Waals surface area contributed by atoms with Crippen LogP contribution >= 0.6 is 0 Å². The Kier molecular flexibility index (Phi) is 6.48. The highest BCUT2D eigenvalue weighted by molar-refractivity contribution is 7.89. The first-order valence-electron chi connectivity index (χ1n) is 10.5. The molecule has 1 aliphatic heterocycles. The number of anilines is 1. The van der Waals surface area contributed by atoms with Gasteiger partial charge in [0.05, 0.1) is 21.7 Å². The summed E-state index contributed by atoms with van der Waals surface area (Å²) in [6.07, 6.45) is 0. The number of esters is 1. The van der Waals surface area contributed by atoms with Crippen LogP contribution in [0.25, 0.3) is 0 Å². The lowest BCUT2D eigenvalue weighted by Gasteiger charge is -2.35. The molecular formula is C23H24FN3O5S. The van der Waals surface area contributed by atoms with Crippen molar-refractivity contribution in [2.45, 2.75) is 25.3 Å². The van der Waals surface area contributed by atoms with Gasteiger partial charge < -0.3 is 14.2 Å². The molecule has 174 valence electrons. The average Bonchev–Trinajstić information content (AvgIpc) is 3.15. The number of sulfonamides is 1. The van der Waals surface area contributed by atoms with E-state index >= 15 is 0 Å². The lowest BCUT2D eigenvalue weighted by molar-refractivity contribution is 0.0470. The molecular weight excluding hydrogens is 449 g/mol. The predicted octanol–water partition coefficient (Wildman–Crippen LogP) is 3.30. The lowest BCUT2D eigenvalue weighted by atomic mass is 10.2. The molecule has 8 nitrogen and oxygen atoms in total. The second-order valence-electron chi connectivity index (χ2n) is 7.77. The Hall–Kier alpha value is -3.24. The Morgan fingerprint density at radius 1 is 1.09 bits per heavy atom. The first kappa shape index (κ1) is 22.9. The summed E-state index contributed by atoms with van der Waals surface area (Å²) in [5, 5.41) is 3.82. The van der Waals surface area contributed by atoms with Crippen LogP contribution in [0.4, 0.5) is 10.1 Å². The number of hydrogen-bond acceptors (Lipinski definition) is 7. The number of rotatable bonds is 6. The molecule has 0 bridgehead atoms. The minimum absolute atomic E-state index is 0.0116. The average molecular weight is 474 g/mol. The zero-order valence-electron chi connectivity index (χ0n) is 18.3. The van der Waals surface area contributed by atoms with Gasteiger partial charge in [-0.3, -0.25) is 0 Å². The summed E-state index contributed by atoms with van der Waals surface area (Å²) < 4.78 is 51.3. The maximum atomic E-state index is 13.2. The van der Waals surface area contributed by atoms with E-state index in [1.54, 1.807) is 26.0 Å². The molecule has 0 saturated carbocycles. The summed E-state index contributed by atoms with van der Waals surface area (Å²) in [5.41, 5.74) is 2.31. The first-order valence-corrected chi connectivity index (χ1v) is 11.9. The molecule has 0 atom stereocenters. The number of benzene rings is 2. The molecule has 0 amide bonds. The quantitative estimate of drug-likeness (QED) is 0.507. The number of nitrogens with zero attached hydrogens (tertiary/aromatic N) is 3. The number of carbonyl (C=O) groups is 1. The summed E-state index contributed by atoms with van der Waals surface area (Å²) >= 11 is 0. The molecule has 0 radical (unpaired) electrons. The Bertz CT molecular complexity index is 1230. The van der Waals surface area contributed by atoms with Crippen LogP contribution in [0.15, 0.2) is 57.9 Å². The molecule has 1 aromatic heterocycles. The third-order valence-electron chi connectivity index (χ3n) is 5.67. The molecule has 0 N–H and O–H groups in total. The van der Waals surface area contributed by atoms with Gasteiger partial charge in [0.1, 0.15) is 18.2 Å². The highest BCUT2D eigenvalue weighted by Gasteiger charge is 2.29. The van der Waals surface area contributed by atoms with Crippen LogP contribution < -0.4 is 4.90 Å². The first-order chi connectivity index (χ1) is 15.8. The van der Waals surface area contributed by atoms with E-state index in [1.165, 1.54) is 40.7 Å². The van der Waals surface area contributed by atoms with Crippen molar-refractivity contribution in [1.82, 2.24) is 9.46 Å². The number of aryl methyl sites for hydroxylation is 2. The molecule has 4 rings (SSSR count). The Morgan fingerprint density at radius 3 is 2.42 bits per heavy atom. The smallest absolute Gasteiger partial charge is 0.338 e. The zero-order valence-corrected chi connectivity index (χ0v) is 19.1. The molecule has 33 heavy (non-hydrogen) atoms. The lowest BCUT2D eigenvalue weighted by Crippen LogP contribution is -2.48. The molecule has 1 aliphatic rings. The van der Waals surface area contributed by atoms with Crippen molar-refractivity contribution in [2.24, 2.45) is 0 Å². The predicted molar refractivity (Wildman–Crippen MR) is 119 cm³/mol. The minimum atomic E-state index is -3.79.